The molecule has 0 aromatic heterocycles. The van der Waals surface area contributed by atoms with E-state index in [1.165, 1.54) is 6.21 Å². The molecule has 1 unspecified atom stereocenters. The van der Waals surface area contributed by atoms with Crippen molar-refractivity contribution in [2.45, 2.75) is 13.0 Å². The van der Waals surface area contributed by atoms with E-state index in [9.17, 15) is 9.59 Å². The summed E-state index contributed by atoms with van der Waals surface area (Å²) in [4.78, 5) is 23.6. The van der Waals surface area contributed by atoms with Crippen LogP contribution in [0.5, 0.6) is 0 Å². The number of rotatable bonds is 5. The Morgan fingerprint density at radius 1 is 1.47 bits per heavy atom. The molecule has 2 amide bonds. The Balaban J connectivity index is 2.74. The van der Waals surface area contributed by atoms with Gasteiger partial charge in [0.05, 0.1) is 5.56 Å². The first-order valence-corrected chi connectivity index (χ1v) is 6.27. The lowest BCUT2D eigenvalue weighted by molar-refractivity contribution is -0.122. The number of nitrogens with one attached hydrogen (secondary N) is 2. The van der Waals surface area contributed by atoms with E-state index in [2.05, 4.69) is 28.5 Å². The number of amides is 2. The highest BCUT2D eigenvalue weighted by Crippen LogP contribution is 2.10. The average molecular weight is 280 g/mol. The normalized spacial score (nSPS) is 12.1. The Bertz CT molecular complexity index is 490. The fourth-order valence-electron chi connectivity index (χ4n) is 1.34. The first-order valence-electron chi connectivity index (χ1n) is 5.64. The summed E-state index contributed by atoms with van der Waals surface area (Å²) in [6, 6.07) is 5.85. The van der Waals surface area contributed by atoms with Crippen molar-refractivity contribution in [2.24, 2.45) is 5.10 Å². The van der Waals surface area contributed by atoms with Gasteiger partial charge in [0.25, 0.3) is 11.8 Å². The van der Waals surface area contributed by atoms with Crippen LogP contribution >= 0.6 is 12.6 Å². The molecule has 0 radical (unpaired) electrons. The predicted octanol–water partition coefficient (Wildman–Crippen LogP) is 0.419. The number of nitrogens with two attached hydrogens (primary N) is 1. The number of nitrogen functional groups attached to an aromatic ring is 1. The van der Waals surface area contributed by atoms with Gasteiger partial charge in [0, 0.05) is 17.7 Å². The first kappa shape index (κ1) is 15.0. The number of benzene rings is 1. The zero-order chi connectivity index (χ0) is 14.3. The first-order chi connectivity index (χ1) is 9.10. The molecular formula is C12H16N4O2S. The van der Waals surface area contributed by atoms with Crippen LogP contribution in [0.25, 0.3) is 0 Å². The van der Waals surface area contributed by atoms with Crippen LogP contribution in [0.3, 0.4) is 0 Å². The predicted molar refractivity (Wildman–Crippen MR) is 78.3 cm³/mol. The maximum absolute atomic E-state index is 12.0. The third-order valence-electron chi connectivity index (χ3n) is 2.31. The lowest BCUT2D eigenvalue weighted by Gasteiger charge is -2.15. The Labute approximate surface area is 116 Å². The number of hydrogen-bond acceptors (Lipinski definition) is 5. The zero-order valence-electron chi connectivity index (χ0n) is 10.5. The van der Waals surface area contributed by atoms with E-state index in [0.29, 0.717) is 11.3 Å². The van der Waals surface area contributed by atoms with Gasteiger partial charge in [-0.05, 0) is 19.1 Å². The van der Waals surface area contributed by atoms with Crippen LogP contribution in [0.1, 0.15) is 17.3 Å². The molecule has 0 aliphatic rings. The fraction of sp³-hybridized carbons (Fsp3) is 0.250. The largest absolute Gasteiger partial charge is 0.398 e. The third-order valence-corrected chi connectivity index (χ3v) is 2.68. The SMILES string of the molecule is CC=NNC(=O)C(CS)NC(=O)c1ccccc1N. The van der Waals surface area contributed by atoms with Crippen LogP contribution in [-0.4, -0.2) is 29.8 Å². The van der Waals surface area contributed by atoms with Gasteiger partial charge in [0.2, 0.25) is 0 Å². The Hall–Kier alpha value is -2.02. The molecule has 4 N–H and O–H groups in total. The number of anilines is 1. The Morgan fingerprint density at radius 3 is 2.74 bits per heavy atom. The van der Waals surface area contributed by atoms with Crippen LogP contribution in [0.2, 0.25) is 0 Å². The molecule has 7 heteroatoms. The fourth-order valence-corrected chi connectivity index (χ4v) is 1.60. The minimum atomic E-state index is -0.779. The molecule has 0 saturated carbocycles. The molecule has 1 aromatic rings. The second kappa shape index (κ2) is 7.42. The Morgan fingerprint density at radius 2 is 2.16 bits per heavy atom. The summed E-state index contributed by atoms with van der Waals surface area (Å²) in [7, 11) is 0. The molecule has 0 aliphatic heterocycles. The van der Waals surface area contributed by atoms with Crippen LogP contribution in [0, 0.1) is 0 Å². The number of carbonyl (C=O) groups is 2. The molecule has 0 aliphatic carbocycles. The minimum Gasteiger partial charge on any atom is -0.398 e. The molecule has 0 spiro atoms. The van der Waals surface area contributed by atoms with E-state index in [1.54, 1.807) is 31.2 Å². The molecule has 102 valence electrons. The number of carbonyl (C=O) groups excluding carboxylic acids is 2. The summed E-state index contributed by atoms with van der Waals surface area (Å²) in [6.07, 6.45) is 1.44. The molecule has 19 heavy (non-hydrogen) atoms. The van der Waals surface area contributed by atoms with E-state index in [0.717, 1.165) is 0 Å². The zero-order valence-corrected chi connectivity index (χ0v) is 11.4. The van der Waals surface area contributed by atoms with Crippen molar-refractivity contribution in [1.82, 2.24) is 10.7 Å². The number of nitrogens with zero attached hydrogens (tertiary/aromatic N) is 1. The van der Waals surface area contributed by atoms with Crippen molar-refractivity contribution >= 4 is 36.3 Å². The van der Waals surface area contributed by atoms with E-state index in [-0.39, 0.29) is 5.75 Å². The van der Waals surface area contributed by atoms with Crippen LogP contribution in [0.4, 0.5) is 5.69 Å². The third kappa shape index (κ3) is 4.29. The van der Waals surface area contributed by atoms with Gasteiger partial charge < -0.3 is 11.1 Å². The lowest BCUT2D eigenvalue weighted by atomic mass is 10.1. The van der Waals surface area contributed by atoms with Crippen molar-refractivity contribution in [3.05, 3.63) is 29.8 Å². The van der Waals surface area contributed by atoms with Gasteiger partial charge in [-0.15, -0.1) is 0 Å². The maximum Gasteiger partial charge on any atom is 0.263 e. The number of para-hydroxylation sites is 1. The van der Waals surface area contributed by atoms with Gasteiger partial charge in [-0.1, -0.05) is 12.1 Å². The van der Waals surface area contributed by atoms with Gasteiger partial charge in [0.1, 0.15) is 6.04 Å². The van der Waals surface area contributed by atoms with Crippen molar-refractivity contribution in [3.8, 4) is 0 Å². The number of hydrogen-bond donors (Lipinski definition) is 4. The van der Waals surface area contributed by atoms with E-state index >= 15 is 0 Å². The quantitative estimate of drug-likeness (QED) is 0.272. The summed E-state index contributed by atoms with van der Waals surface area (Å²) in [5, 5.41) is 6.15. The molecule has 6 nitrogen and oxygen atoms in total. The van der Waals surface area contributed by atoms with Gasteiger partial charge in [0.15, 0.2) is 0 Å². The smallest absolute Gasteiger partial charge is 0.263 e. The molecule has 1 rings (SSSR count). The second-order valence-electron chi connectivity index (χ2n) is 3.66. The second-order valence-corrected chi connectivity index (χ2v) is 4.02. The molecule has 0 heterocycles. The van der Waals surface area contributed by atoms with E-state index in [4.69, 9.17) is 5.73 Å². The summed E-state index contributed by atoms with van der Waals surface area (Å²) in [5.74, 6) is -0.701. The maximum atomic E-state index is 12.0. The summed E-state index contributed by atoms with van der Waals surface area (Å²) >= 11 is 4.03. The van der Waals surface area contributed by atoms with Gasteiger partial charge in [-0.3, -0.25) is 9.59 Å². The van der Waals surface area contributed by atoms with Crippen molar-refractivity contribution in [2.75, 3.05) is 11.5 Å². The molecule has 0 fully saturated rings. The van der Waals surface area contributed by atoms with E-state index in [1.807, 2.05) is 0 Å². The van der Waals surface area contributed by atoms with Gasteiger partial charge in [-0.25, -0.2) is 5.43 Å². The Kier molecular flexibility index (Phi) is 5.87. The van der Waals surface area contributed by atoms with Crippen molar-refractivity contribution in [3.63, 3.8) is 0 Å². The highest BCUT2D eigenvalue weighted by atomic mass is 32.1. The number of thiol groups is 1. The molecular weight excluding hydrogens is 264 g/mol. The van der Waals surface area contributed by atoms with E-state index < -0.39 is 17.9 Å². The molecule has 1 aromatic carbocycles. The summed E-state index contributed by atoms with van der Waals surface area (Å²) in [6.45, 7) is 1.67. The van der Waals surface area contributed by atoms with Crippen LogP contribution < -0.4 is 16.5 Å². The highest BCUT2D eigenvalue weighted by molar-refractivity contribution is 7.80. The highest BCUT2D eigenvalue weighted by Gasteiger charge is 2.20. The van der Waals surface area contributed by atoms with Crippen LogP contribution in [-0.2, 0) is 4.79 Å². The minimum absolute atomic E-state index is 0.156. The molecule has 0 saturated heterocycles. The number of hydrazone groups is 1. The lowest BCUT2D eigenvalue weighted by Crippen LogP contribution is -2.46. The monoisotopic (exact) mass is 280 g/mol. The molecule has 0 bridgehead atoms. The topological polar surface area (TPSA) is 96.6 Å². The van der Waals surface area contributed by atoms with Gasteiger partial charge >= 0.3 is 0 Å². The summed E-state index contributed by atoms with van der Waals surface area (Å²) in [5.41, 5.74) is 8.65. The van der Waals surface area contributed by atoms with Crippen molar-refractivity contribution in [1.29, 1.82) is 0 Å². The van der Waals surface area contributed by atoms with Gasteiger partial charge in [-0.2, -0.15) is 17.7 Å². The van der Waals surface area contributed by atoms with Crippen molar-refractivity contribution < 1.29 is 9.59 Å². The van der Waals surface area contributed by atoms with Crippen LogP contribution in [0.15, 0.2) is 29.4 Å². The molecule has 1 atom stereocenters. The standard InChI is InChI=1S/C12H16N4O2S/c1-2-14-16-12(18)10(7-19)15-11(17)8-5-3-4-6-9(8)13/h2-6,10,19H,7,13H2,1H3,(H,15,17)(H,16,18). The summed E-state index contributed by atoms with van der Waals surface area (Å²) < 4.78 is 0. The average Bonchev–Trinajstić information content (AvgIpc) is 2.42.